The summed E-state index contributed by atoms with van der Waals surface area (Å²) in [6.45, 7) is 8.39. The molecule has 2 aromatic carbocycles. The van der Waals surface area contributed by atoms with Gasteiger partial charge in [-0.05, 0) is 48.9 Å². The average molecular weight is 399 g/mol. The van der Waals surface area contributed by atoms with Crippen LogP contribution in [0.4, 0.5) is 5.69 Å². The van der Waals surface area contributed by atoms with Gasteiger partial charge in [0.05, 0.1) is 11.5 Å². The van der Waals surface area contributed by atoms with E-state index < -0.39 is 0 Å². The second-order valence-electron chi connectivity index (χ2n) is 7.83. The molecule has 0 heterocycles. The monoisotopic (exact) mass is 398 g/mol. The van der Waals surface area contributed by atoms with E-state index in [-0.39, 0.29) is 34.8 Å². The van der Waals surface area contributed by atoms with Crippen LogP contribution in [0.5, 0.6) is 0 Å². The lowest BCUT2D eigenvalue weighted by molar-refractivity contribution is -0.119. The zero-order chi connectivity index (χ0) is 20.6. The van der Waals surface area contributed by atoms with Crippen LogP contribution in [-0.2, 0) is 15.0 Å². The lowest BCUT2D eigenvalue weighted by atomic mass is 9.79. The van der Waals surface area contributed by atoms with Crippen LogP contribution in [0, 0.1) is 6.92 Å². The fourth-order valence-corrected chi connectivity index (χ4v) is 3.92. The van der Waals surface area contributed by atoms with Gasteiger partial charge in [-0.1, -0.05) is 56.3 Å². The first kappa shape index (κ1) is 22.0. The molecule has 2 aromatic rings. The number of carbonyl (C=O) groups excluding carboxylic acids is 2. The van der Waals surface area contributed by atoms with Crippen LogP contribution in [0.15, 0.2) is 54.6 Å². The Morgan fingerprint density at radius 3 is 2.36 bits per heavy atom. The first-order chi connectivity index (χ1) is 13.3. The van der Waals surface area contributed by atoms with Gasteiger partial charge in [-0.3, -0.25) is 9.59 Å². The van der Waals surface area contributed by atoms with Crippen LogP contribution in [-0.4, -0.2) is 29.4 Å². The van der Waals surface area contributed by atoms with Gasteiger partial charge in [0.25, 0.3) is 0 Å². The number of rotatable bonds is 9. The molecular weight excluding hydrogens is 368 g/mol. The molecule has 0 fully saturated rings. The number of thioether (sulfide) groups is 1. The van der Waals surface area contributed by atoms with E-state index in [4.69, 9.17) is 0 Å². The number of amides is 2. The molecule has 0 saturated carbocycles. The highest BCUT2D eigenvalue weighted by Gasteiger charge is 2.24. The van der Waals surface area contributed by atoms with Crippen molar-refractivity contribution in [2.24, 2.45) is 0 Å². The molecule has 0 aromatic heterocycles. The summed E-state index contributed by atoms with van der Waals surface area (Å²) < 4.78 is 0. The molecule has 1 unspecified atom stereocenters. The number of aryl methyl sites for hydroxylation is 1. The normalized spacial score (nSPS) is 12.3. The molecule has 1 atom stereocenters. The van der Waals surface area contributed by atoms with E-state index in [0.717, 1.165) is 17.7 Å². The largest absolute Gasteiger partial charge is 0.353 e. The standard InChI is InChI=1S/C23H30N2O2S/c1-17-9-8-12-20(13-17)25-22(27)16-28-15-21(26)24-18(2)14-23(3,4)19-10-6-5-7-11-19/h5-13,18H,14-16H2,1-4H3,(H,24,26)(H,25,27). The Kier molecular flexibility index (Phi) is 8.12. The number of carbonyl (C=O) groups is 2. The van der Waals surface area contributed by atoms with Crippen LogP contribution in [0.1, 0.15) is 38.3 Å². The van der Waals surface area contributed by atoms with Crippen molar-refractivity contribution in [3.63, 3.8) is 0 Å². The van der Waals surface area contributed by atoms with E-state index in [9.17, 15) is 9.59 Å². The first-order valence-corrected chi connectivity index (χ1v) is 10.7. The molecule has 4 nitrogen and oxygen atoms in total. The Balaban J connectivity index is 1.71. The summed E-state index contributed by atoms with van der Waals surface area (Å²) in [5.41, 5.74) is 3.12. The Morgan fingerprint density at radius 1 is 1.00 bits per heavy atom. The van der Waals surface area contributed by atoms with E-state index in [1.807, 2.05) is 56.3 Å². The highest BCUT2D eigenvalue weighted by Crippen LogP contribution is 2.28. The molecule has 2 rings (SSSR count). The first-order valence-electron chi connectivity index (χ1n) is 9.55. The summed E-state index contributed by atoms with van der Waals surface area (Å²) in [7, 11) is 0. The van der Waals surface area contributed by atoms with Gasteiger partial charge in [-0.15, -0.1) is 11.8 Å². The third kappa shape index (κ3) is 7.39. The van der Waals surface area contributed by atoms with E-state index in [1.54, 1.807) is 0 Å². The summed E-state index contributed by atoms with van der Waals surface area (Å²) in [6, 6.07) is 18.1. The molecule has 0 spiro atoms. The molecule has 0 aliphatic carbocycles. The zero-order valence-corrected chi connectivity index (χ0v) is 17.9. The Labute approximate surface area is 172 Å². The molecule has 0 aliphatic rings. The van der Waals surface area contributed by atoms with Gasteiger partial charge in [0.1, 0.15) is 0 Å². The van der Waals surface area contributed by atoms with Gasteiger partial charge in [-0.25, -0.2) is 0 Å². The van der Waals surface area contributed by atoms with Crippen molar-refractivity contribution in [2.75, 3.05) is 16.8 Å². The molecule has 150 valence electrons. The van der Waals surface area contributed by atoms with Crippen LogP contribution in [0.2, 0.25) is 0 Å². The highest BCUT2D eigenvalue weighted by molar-refractivity contribution is 8.00. The number of nitrogens with one attached hydrogen (secondary N) is 2. The summed E-state index contributed by atoms with van der Waals surface area (Å²) in [5.74, 6) is 0.397. The quantitative estimate of drug-likeness (QED) is 0.652. The van der Waals surface area contributed by atoms with Crippen molar-refractivity contribution in [3.05, 3.63) is 65.7 Å². The Hall–Kier alpha value is -2.27. The number of hydrogen-bond acceptors (Lipinski definition) is 3. The van der Waals surface area contributed by atoms with E-state index in [1.165, 1.54) is 17.3 Å². The predicted molar refractivity (Wildman–Crippen MR) is 119 cm³/mol. The van der Waals surface area contributed by atoms with Gasteiger partial charge in [0, 0.05) is 11.7 Å². The van der Waals surface area contributed by atoms with Gasteiger partial charge in [0.2, 0.25) is 11.8 Å². The molecule has 2 amide bonds. The molecule has 0 aliphatic heterocycles. The summed E-state index contributed by atoms with van der Waals surface area (Å²) in [6.07, 6.45) is 0.848. The fourth-order valence-electron chi connectivity index (χ4n) is 3.30. The van der Waals surface area contributed by atoms with Crippen molar-refractivity contribution >= 4 is 29.3 Å². The molecule has 0 bridgehead atoms. The average Bonchev–Trinajstić information content (AvgIpc) is 2.61. The SMILES string of the molecule is Cc1cccc(NC(=O)CSCC(=O)NC(C)CC(C)(C)c2ccccc2)c1. The van der Waals surface area contributed by atoms with Gasteiger partial charge in [0.15, 0.2) is 0 Å². The molecular formula is C23H30N2O2S. The maximum Gasteiger partial charge on any atom is 0.234 e. The minimum atomic E-state index is -0.0957. The van der Waals surface area contributed by atoms with E-state index in [0.29, 0.717) is 0 Å². The van der Waals surface area contributed by atoms with Gasteiger partial charge < -0.3 is 10.6 Å². The zero-order valence-electron chi connectivity index (χ0n) is 17.1. The van der Waals surface area contributed by atoms with Crippen LogP contribution in [0.25, 0.3) is 0 Å². The molecule has 0 saturated heterocycles. The topological polar surface area (TPSA) is 58.2 Å². The van der Waals surface area contributed by atoms with Crippen LogP contribution in [0.3, 0.4) is 0 Å². The maximum absolute atomic E-state index is 12.2. The third-order valence-electron chi connectivity index (χ3n) is 4.55. The van der Waals surface area contributed by atoms with Crippen molar-refractivity contribution in [1.82, 2.24) is 5.32 Å². The number of benzene rings is 2. The summed E-state index contributed by atoms with van der Waals surface area (Å²) >= 11 is 1.33. The fraction of sp³-hybridized carbons (Fsp3) is 0.391. The smallest absolute Gasteiger partial charge is 0.234 e. The third-order valence-corrected chi connectivity index (χ3v) is 5.48. The van der Waals surface area contributed by atoms with Crippen molar-refractivity contribution in [2.45, 2.75) is 45.6 Å². The summed E-state index contributed by atoms with van der Waals surface area (Å²) in [5, 5.41) is 5.90. The lowest BCUT2D eigenvalue weighted by Gasteiger charge is -2.29. The maximum atomic E-state index is 12.2. The van der Waals surface area contributed by atoms with Gasteiger partial charge >= 0.3 is 0 Å². The van der Waals surface area contributed by atoms with E-state index >= 15 is 0 Å². The minimum Gasteiger partial charge on any atom is -0.353 e. The predicted octanol–water partition coefficient (Wildman–Crippen LogP) is 4.54. The number of anilines is 1. The molecule has 5 heteroatoms. The molecule has 28 heavy (non-hydrogen) atoms. The Morgan fingerprint density at radius 2 is 1.68 bits per heavy atom. The number of hydrogen-bond donors (Lipinski definition) is 2. The van der Waals surface area contributed by atoms with Crippen LogP contribution >= 0.6 is 11.8 Å². The second-order valence-corrected chi connectivity index (χ2v) is 8.82. The van der Waals surface area contributed by atoms with Crippen molar-refractivity contribution in [3.8, 4) is 0 Å². The van der Waals surface area contributed by atoms with Crippen molar-refractivity contribution < 1.29 is 9.59 Å². The van der Waals surface area contributed by atoms with E-state index in [2.05, 4.69) is 36.6 Å². The lowest BCUT2D eigenvalue weighted by Crippen LogP contribution is -2.38. The minimum absolute atomic E-state index is 0.0190. The Bertz CT molecular complexity index is 790. The van der Waals surface area contributed by atoms with Crippen LogP contribution < -0.4 is 10.6 Å². The van der Waals surface area contributed by atoms with Gasteiger partial charge in [-0.2, -0.15) is 0 Å². The molecule has 0 radical (unpaired) electrons. The summed E-state index contributed by atoms with van der Waals surface area (Å²) in [4.78, 5) is 24.2. The van der Waals surface area contributed by atoms with Crippen molar-refractivity contribution in [1.29, 1.82) is 0 Å². The highest BCUT2D eigenvalue weighted by atomic mass is 32.2. The molecule has 2 N–H and O–H groups in total. The second kappa shape index (κ2) is 10.3.